The fraction of sp³-hybridized carbons (Fsp3) is 0.375. The Bertz CT molecular complexity index is 789. The van der Waals surface area contributed by atoms with Crippen LogP contribution < -0.4 is 14.9 Å². The maximum Gasteiger partial charge on any atom is 0.240 e. The average Bonchev–Trinajstić information content (AvgIpc) is 2.51. The van der Waals surface area contributed by atoms with E-state index >= 15 is 0 Å². The van der Waals surface area contributed by atoms with Gasteiger partial charge in [0.1, 0.15) is 5.82 Å². The normalized spacial score (nSPS) is 11.3. The molecule has 1 aromatic heterocycles. The molecule has 2 N–H and O–H groups in total. The van der Waals surface area contributed by atoms with Gasteiger partial charge in [0.15, 0.2) is 0 Å². The average molecular weight is 349 g/mol. The van der Waals surface area contributed by atoms with Crippen LogP contribution in [0.2, 0.25) is 0 Å². The second-order valence-electron chi connectivity index (χ2n) is 5.72. The van der Waals surface area contributed by atoms with Crippen LogP contribution in [0, 0.1) is 13.8 Å². The van der Waals surface area contributed by atoms with Crippen molar-refractivity contribution in [2.24, 2.45) is 0 Å². The summed E-state index contributed by atoms with van der Waals surface area (Å²) in [6.45, 7) is 4.43. The highest BCUT2D eigenvalue weighted by molar-refractivity contribution is 7.89. The van der Waals surface area contributed by atoms with E-state index < -0.39 is 10.0 Å². The molecule has 1 heterocycles. The summed E-state index contributed by atoms with van der Waals surface area (Å²) in [6, 6.07) is 8.62. The Morgan fingerprint density at radius 2 is 1.71 bits per heavy atom. The van der Waals surface area contributed by atoms with Crippen molar-refractivity contribution in [1.82, 2.24) is 14.7 Å². The Labute approximate surface area is 143 Å². The molecule has 24 heavy (non-hydrogen) atoms. The van der Waals surface area contributed by atoms with Gasteiger partial charge in [-0.25, -0.2) is 18.1 Å². The quantitative estimate of drug-likeness (QED) is 0.738. The van der Waals surface area contributed by atoms with E-state index in [2.05, 4.69) is 20.0 Å². The monoisotopic (exact) mass is 349 g/mol. The molecule has 0 radical (unpaired) electrons. The summed E-state index contributed by atoms with van der Waals surface area (Å²) >= 11 is 0. The van der Waals surface area contributed by atoms with Gasteiger partial charge < -0.3 is 10.2 Å². The highest BCUT2D eigenvalue weighted by atomic mass is 32.2. The van der Waals surface area contributed by atoms with Gasteiger partial charge in [-0.2, -0.15) is 4.98 Å². The molecule has 1 aromatic carbocycles. The van der Waals surface area contributed by atoms with Crippen molar-refractivity contribution in [2.75, 3.05) is 37.4 Å². The highest BCUT2D eigenvalue weighted by Crippen LogP contribution is 2.12. The third-order valence-corrected chi connectivity index (χ3v) is 4.81. The third-order valence-electron chi connectivity index (χ3n) is 3.33. The van der Waals surface area contributed by atoms with E-state index in [4.69, 9.17) is 0 Å². The molecule has 0 aliphatic rings. The largest absolute Gasteiger partial charge is 0.363 e. The van der Waals surface area contributed by atoms with Gasteiger partial charge in [0, 0.05) is 38.9 Å². The zero-order valence-corrected chi connectivity index (χ0v) is 15.2. The Morgan fingerprint density at radius 3 is 2.33 bits per heavy atom. The van der Waals surface area contributed by atoms with Crippen LogP contribution in [0.4, 0.5) is 11.8 Å². The van der Waals surface area contributed by atoms with Gasteiger partial charge >= 0.3 is 0 Å². The van der Waals surface area contributed by atoms with Gasteiger partial charge in [0.05, 0.1) is 4.90 Å². The standard InChI is InChI=1S/C16H23N5O2S/c1-12-5-7-14(8-6-12)24(22,23)18-10-9-17-16-19-13(2)11-15(20-16)21(3)4/h5-8,11,18H,9-10H2,1-4H3,(H,17,19,20). The van der Waals surface area contributed by atoms with Crippen molar-refractivity contribution in [3.05, 3.63) is 41.6 Å². The molecule has 0 fully saturated rings. The number of aromatic nitrogens is 2. The Hall–Kier alpha value is -2.19. The number of nitrogens with zero attached hydrogens (tertiary/aromatic N) is 3. The summed E-state index contributed by atoms with van der Waals surface area (Å²) in [4.78, 5) is 10.8. The molecule has 0 atom stereocenters. The molecule has 0 saturated heterocycles. The fourth-order valence-corrected chi connectivity index (χ4v) is 3.05. The van der Waals surface area contributed by atoms with Crippen LogP contribution in [0.5, 0.6) is 0 Å². The molecule has 0 saturated carbocycles. The second kappa shape index (κ2) is 7.59. The molecule has 2 rings (SSSR count). The maximum absolute atomic E-state index is 12.2. The van der Waals surface area contributed by atoms with Crippen LogP contribution in [0.3, 0.4) is 0 Å². The van der Waals surface area contributed by atoms with Crippen molar-refractivity contribution in [1.29, 1.82) is 0 Å². The maximum atomic E-state index is 12.2. The summed E-state index contributed by atoms with van der Waals surface area (Å²) < 4.78 is 26.9. The van der Waals surface area contributed by atoms with E-state index in [1.165, 1.54) is 0 Å². The van der Waals surface area contributed by atoms with Crippen LogP contribution in [0.1, 0.15) is 11.3 Å². The van der Waals surface area contributed by atoms with E-state index in [1.807, 2.05) is 38.9 Å². The minimum absolute atomic E-state index is 0.241. The number of aryl methyl sites for hydroxylation is 2. The first-order valence-corrected chi connectivity index (χ1v) is 9.09. The van der Waals surface area contributed by atoms with Crippen LogP contribution in [-0.2, 0) is 10.0 Å². The number of anilines is 2. The van der Waals surface area contributed by atoms with Gasteiger partial charge in [0.25, 0.3) is 0 Å². The van der Waals surface area contributed by atoms with Crippen LogP contribution >= 0.6 is 0 Å². The van der Waals surface area contributed by atoms with Crippen molar-refractivity contribution in [2.45, 2.75) is 18.7 Å². The first-order chi connectivity index (χ1) is 11.3. The summed E-state index contributed by atoms with van der Waals surface area (Å²) in [6.07, 6.45) is 0. The Kier molecular flexibility index (Phi) is 5.74. The molecule has 130 valence electrons. The lowest BCUT2D eigenvalue weighted by Gasteiger charge is -2.14. The van der Waals surface area contributed by atoms with E-state index in [9.17, 15) is 8.42 Å². The molecule has 0 unspecified atom stereocenters. The number of nitrogens with one attached hydrogen (secondary N) is 2. The molecule has 0 bridgehead atoms. The van der Waals surface area contributed by atoms with Gasteiger partial charge in [-0.3, -0.25) is 0 Å². The van der Waals surface area contributed by atoms with Gasteiger partial charge in [0.2, 0.25) is 16.0 Å². The number of hydrogen-bond acceptors (Lipinski definition) is 6. The van der Waals surface area contributed by atoms with E-state index in [0.29, 0.717) is 12.5 Å². The predicted octanol–water partition coefficient (Wildman–Crippen LogP) is 1.55. The minimum atomic E-state index is -3.50. The molecule has 0 amide bonds. The summed E-state index contributed by atoms with van der Waals surface area (Å²) in [5, 5.41) is 3.04. The van der Waals surface area contributed by atoms with E-state index in [-0.39, 0.29) is 11.4 Å². The van der Waals surface area contributed by atoms with Crippen molar-refractivity contribution < 1.29 is 8.42 Å². The number of rotatable bonds is 7. The second-order valence-corrected chi connectivity index (χ2v) is 7.49. The van der Waals surface area contributed by atoms with Crippen LogP contribution in [-0.4, -0.2) is 45.6 Å². The molecule has 0 aliphatic carbocycles. The fourth-order valence-electron chi connectivity index (χ4n) is 2.02. The van der Waals surface area contributed by atoms with Crippen molar-refractivity contribution >= 4 is 21.8 Å². The first-order valence-electron chi connectivity index (χ1n) is 7.61. The first kappa shape index (κ1) is 18.2. The lowest BCUT2D eigenvalue weighted by Crippen LogP contribution is -2.29. The molecule has 8 heteroatoms. The zero-order valence-electron chi connectivity index (χ0n) is 14.4. The zero-order chi connectivity index (χ0) is 17.7. The molecule has 0 spiro atoms. The Balaban J connectivity index is 1.92. The molecular formula is C16H23N5O2S. The smallest absolute Gasteiger partial charge is 0.240 e. The Morgan fingerprint density at radius 1 is 1.04 bits per heavy atom. The summed E-state index contributed by atoms with van der Waals surface area (Å²) in [5.74, 6) is 1.28. The third kappa shape index (κ3) is 4.90. The van der Waals surface area contributed by atoms with Crippen LogP contribution in [0.25, 0.3) is 0 Å². The summed E-state index contributed by atoms with van der Waals surface area (Å²) in [7, 11) is 0.308. The van der Waals surface area contributed by atoms with Crippen LogP contribution in [0.15, 0.2) is 35.2 Å². The van der Waals surface area contributed by atoms with Crippen molar-refractivity contribution in [3.8, 4) is 0 Å². The van der Waals surface area contributed by atoms with Gasteiger partial charge in [-0.15, -0.1) is 0 Å². The van der Waals surface area contributed by atoms with Gasteiger partial charge in [-0.05, 0) is 26.0 Å². The van der Waals surface area contributed by atoms with Crippen molar-refractivity contribution in [3.63, 3.8) is 0 Å². The number of sulfonamides is 1. The predicted molar refractivity (Wildman–Crippen MR) is 96.0 cm³/mol. The minimum Gasteiger partial charge on any atom is -0.363 e. The lowest BCUT2D eigenvalue weighted by molar-refractivity contribution is 0.583. The van der Waals surface area contributed by atoms with E-state index in [1.54, 1.807) is 24.3 Å². The SMILES string of the molecule is Cc1ccc(S(=O)(=O)NCCNc2nc(C)cc(N(C)C)n2)cc1. The van der Waals surface area contributed by atoms with Gasteiger partial charge in [-0.1, -0.05) is 17.7 Å². The topological polar surface area (TPSA) is 87.2 Å². The number of benzene rings is 1. The summed E-state index contributed by atoms with van der Waals surface area (Å²) in [5.41, 5.74) is 1.86. The lowest BCUT2D eigenvalue weighted by atomic mass is 10.2. The molecule has 2 aromatic rings. The molecule has 0 aliphatic heterocycles. The molecule has 7 nitrogen and oxygen atoms in total. The molecular weight excluding hydrogens is 326 g/mol. The van der Waals surface area contributed by atoms with E-state index in [0.717, 1.165) is 17.1 Å². The highest BCUT2D eigenvalue weighted by Gasteiger charge is 2.12. The number of hydrogen-bond donors (Lipinski definition) is 2.